The number of hydrogen-bond donors (Lipinski definition) is 8. The van der Waals surface area contributed by atoms with Gasteiger partial charge in [0.1, 0.15) is 17.8 Å². The smallest absolute Gasteiger partial charge is 0.118 e. The van der Waals surface area contributed by atoms with E-state index in [-0.39, 0.29) is 6.42 Å². The second kappa shape index (κ2) is 6.22. The predicted molar refractivity (Wildman–Crippen MR) is 59.6 cm³/mol. The summed E-state index contributed by atoms with van der Waals surface area (Å²) >= 11 is 0. The van der Waals surface area contributed by atoms with Gasteiger partial charge < -0.3 is 41.1 Å². The van der Waals surface area contributed by atoms with Gasteiger partial charge in [-0.3, -0.25) is 0 Å². The molecule has 8 N–H and O–H groups in total. The molecule has 1 aliphatic rings. The zero-order chi connectivity index (χ0) is 13.9. The average Bonchev–Trinajstić information content (AvgIpc) is 2.39. The highest BCUT2D eigenvalue weighted by atomic mass is 16.4. The molecule has 0 heterocycles. The van der Waals surface area contributed by atoms with Crippen LogP contribution in [0.3, 0.4) is 0 Å². The van der Waals surface area contributed by atoms with Crippen LogP contribution in [0.5, 0.6) is 0 Å². The standard InChI is InChI=1S/C10H21NO7/c12-2-5(3-13)11-6-1-10(18,4-14)9(17)8(16)7(6)15/h5-9,11-18H,1-4H2/t6-,7-,8+,9-,10-/m0/s1/i2+1,3+1,5+1. The van der Waals surface area contributed by atoms with E-state index in [0.717, 1.165) is 0 Å². The quantitative estimate of drug-likeness (QED) is 0.233. The van der Waals surface area contributed by atoms with Crippen molar-refractivity contribution in [2.24, 2.45) is 0 Å². The van der Waals surface area contributed by atoms with Crippen LogP contribution in [0.2, 0.25) is 0 Å². The van der Waals surface area contributed by atoms with E-state index in [0.29, 0.717) is 0 Å². The molecule has 0 amide bonds. The average molecular weight is 270 g/mol. The Morgan fingerprint density at radius 1 is 1.06 bits per heavy atom. The third kappa shape index (κ3) is 2.98. The molecule has 1 fully saturated rings. The third-order valence-corrected chi connectivity index (χ3v) is 3.37. The van der Waals surface area contributed by atoms with E-state index >= 15 is 0 Å². The van der Waals surface area contributed by atoms with Crippen molar-refractivity contribution < 1.29 is 35.7 Å². The summed E-state index contributed by atoms with van der Waals surface area (Å²) in [5.74, 6) is 0. The Bertz CT molecular complexity index is 263. The highest BCUT2D eigenvalue weighted by molar-refractivity contribution is 5.05. The molecule has 0 bridgehead atoms. The van der Waals surface area contributed by atoms with Crippen LogP contribution in [0.4, 0.5) is 0 Å². The van der Waals surface area contributed by atoms with Crippen molar-refractivity contribution in [2.45, 2.75) is 42.4 Å². The second-order valence-electron chi connectivity index (χ2n) is 4.73. The molecule has 1 aliphatic carbocycles. The first kappa shape index (κ1) is 15.7. The second-order valence-corrected chi connectivity index (χ2v) is 4.73. The molecule has 0 radical (unpaired) electrons. The molecule has 18 heavy (non-hydrogen) atoms. The van der Waals surface area contributed by atoms with Crippen LogP contribution in [0.25, 0.3) is 0 Å². The van der Waals surface area contributed by atoms with Gasteiger partial charge in [0.2, 0.25) is 0 Å². The van der Waals surface area contributed by atoms with Gasteiger partial charge in [0.05, 0.1) is 32.0 Å². The van der Waals surface area contributed by atoms with Crippen LogP contribution in [0.1, 0.15) is 6.42 Å². The molecule has 5 atom stereocenters. The van der Waals surface area contributed by atoms with Crippen LogP contribution in [-0.2, 0) is 0 Å². The van der Waals surface area contributed by atoms with Crippen molar-refractivity contribution in [1.82, 2.24) is 5.32 Å². The summed E-state index contributed by atoms with van der Waals surface area (Å²) in [6.07, 6.45) is -4.91. The Labute approximate surface area is 104 Å². The van der Waals surface area contributed by atoms with E-state index in [2.05, 4.69) is 5.32 Å². The third-order valence-electron chi connectivity index (χ3n) is 3.37. The minimum absolute atomic E-state index is 0.223. The number of aliphatic hydroxyl groups excluding tert-OH is 6. The van der Waals surface area contributed by atoms with Crippen molar-refractivity contribution in [2.75, 3.05) is 19.8 Å². The largest absolute Gasteiger partial charge is 0.395 e. The van der Waals surface area contributed by atoms with Gasteiger partial charge >= 0.3 is 0 Å². The summed E-state index contributed by atoms with van der Waals surface area (Å²) in [5.41, 5.74) is -1.94. The minimum atomic E-state index is -1.94. The predicted octanol–water partition coefficient (Wildman–Crippen LogP) is -4.49. The minimum Gasteiger partial charge on any atom is -0.395 e. The molecule has 0 aromatic carbocycles. The Balaban J connectivity index is 2.79. The van der Waals surface area contributed by atoms with Gasteiger partial charge in [0.25, 0.3) is 0 Å². The first-order valence-electron chi connectivity index (χ1n) is 5.74. The normalized spacial score (nSPS) is 41.3. The molecular formula is C10H21NO7. The molecule has 0 unspecified atom stereocenters. The lowest BCUT2D eigenvalue weighted by molar-refractivity contribution is -0.207. The number of rotatable bonds is 5. The molecule has 0 aliphatic heterocycles. The van der Waals surface area contributed by atoms with Crippen molar-refractivity contribution in [3.05, 3.63) is 0 Å². The van der Waals surface area contributed by atoms with Gasteiger partial charge in [-0.1, -0.05) is 0 Å². The van der Waals surface area contributed by atoms with Crippen molar-refractivity contribution in [1.29, 1.82) is 0 Å². The fraction of sp³-hybridized carbons (Fsp3) is 1.00. The van der Waals surface area contributed by atoms with Crippen LogP contribution in [-0.4, -0.2) is 91.6 Å². The molecule has 0 aromatic heterocycles. The summed E-state index contributed by atoms with van der Waals surface area (Å²) in [6.45, 7) is -1.56. The van der Waals surface area contributed by atoms with Gasteiger partial charge in [0.15, 0.2) is 0 Å². The summed E-state index contributed by atoms with van der Waals surface area (Å²) in [7, 11) is 0. The van der Waals surface area contributed by atoms with Gasteiger partial charge in [-0.25, -0.2) is 0 Å². The zero-order valence-corrected chi connectivity index (χ0v) is 9.85. The number of hydrogen-bond acceptors (Lipinski definition) is 8. The lowest BCUT2D eigenvalue weighted by atomic mass is 9.76. The van der Waals surface area contributed by atoms with E-state index < -0.39 is 55.8 Å². The first-order valence-corrected chi connectivity index (χ1v) is 5.74. The lowest BCUT2D eigenvalue weighted by Gasteiger charge is -2.46. The van der Waals surface area contributed by atoms with Crippen molar-refractivity contribution in [3.63, 3.8) is 0 Å². The summed E-state index contributed by atoms with van der Waals surface area (Å²) in [4.78, 5) is 0. The highest BCUT2D eigenvalue weighted by Crippen LogP contribution is 2.29. The van der Waals surface area contributed by atoms with E-state index in [9.17, 15) is 20.4 Å². The molecular weight excluding hydrogens is 249 g/mol. The highest BCUT2D eigenvalue weighted by Gasteiger charge is 2.51. The Morgan fingerprint density at radius 3 is 2.06 bits per heavy atom. The van der Waals surface area contributed by atoms with Crippen molar-refractivity contribution in [3.8, 4) is 0 Å². The fourth-order valence-corrected chi connectivity index (χ4v) is 2.15. The molecule has 1 saturated carbocycles. The maximum atomic E-state index is 9.93. The zero-order valence-electron chi connectivity index (χ0n) is 9.85. The van der Waals surface area contributed by atoms with Gasteiger partial charge in [-0.05, 0) is 6.42 Å². The molecule has 1 rings (SSSR count). The van der Waals surface area contributed by atoms with Crippen LogP contribution < -0.4 is 5.32 Å². The molecule has 0 saturated heterocycles. The Hall–Kier alpha value is -0.320. The van der Waals surface area contributed by atoms with Crippen LogP contribution in [0.15, 0.2) is 0 Å². The number of nitrogens with one attached hydrogen (secondary N) is 1. The molecule has 108 valence electrons. The maximum absolute atomic E-state index is 9.93. The van der Waals surface area contributed by atoms with E-state index in [1.807, 2.05) is 0 Å². The monoisotopic (exact) mass is 270 g/mol. The van der Waals surface area contributed by atoms with Gasteiger partial charge in [0, 0.05) is 6.04 Å². The summed E-state index contributed by atoms with van der Waals surface area (Å²) in [6, 6.07) is -1.60. The lowest BCUT2D eigenvalue weighted by Crippen LogP contribution is -2.68. The molecule has 8 heteroatoms. The van der Waals surface area contributed by atoms with Gasteiger partial charge in [-0.2, -0.15) is 0 Å². The molecule has 0 aromatic rings. The first-order chi connectivity index (χ1) is 8.39. The molecule has 8 nitrogen and oxygen atoms in total. The summed E-state index contributed by atoms with van der Waals surface area (Å²) in [5, 5.41) is 68.4. The van der Waals surface area contributed by atoms with Crippen LogP contribution >= 0.6 is 0 Å². The fourth-order valence-electron chi connectivity index (χ4n) is 2.15. The summed E-state index contributed by atoms with van der Waals surface area (Å²) < 4.78 is 0. The maximum Gasteiger partial charge on any atom is 0.118 e. The van der Waals surface area contributed by atoms with E-state index in [4.69, 9.17) is 15.3 Å². The number of aliphatic hydroxyl groups is 7. The van der Waals surface area contributed by atoms with E-state index in [1.165, 1.54) is 0 Å². The Kier molecular flexibility index (Phi) is 5.44. The van der Waals surface area contributed by atoms with Crippen molar-refractivity contribution >= 4 is 0 Å². The Morgan fingerprint density at radius 2 is 1.61 bits per heavy atom. The van der Waals surface area contributed by atoms with E-state index in [1.54, 1.807) is 0 Å². The topological polar surface area (TPSA) is 154 Å². The van der Waals surface area contributed by atoms with Gasteiger partial charge in [-0.15, -0.1) is 0 Å². The SMILES string of the molecule is OC[C@@]1(O)C[C@H](N[13CH]([13CH2]O)[13CH2]O)[C@H](O)[C@@H](O)[C@@H]1O. The van der Waals surface area contributed by atoms with Crippen LogP contribution in [0, 0.1) is 0 Å². The molecule has 0 spiro atoms.